The van der Waals surface area contributed by atoms with Gasteiger partial charge in [-0.05, 0) is 56.8 Å². The summed E-state index contributed by atoms with van der Waals surface area (Å²) in [5.41, 5.74) is 0. The Morgan fingerprint density at radius 1 is 0.560 bits per heavy atom. The zero-order valence-corrected chi connectivity index (χ0v) is 13.8. The van der Waals surface area contributed by atoms with Gasteiger partial charge in [0.2, 0.25) is 0 Å². The Bertz CT molecular complexity index is 509. The van der Waals surface area contributed by atoms with Crippen molar-refractivity contribution in [1.82, 2.24) is 0 Å². The zero-order chi connectivity index (χ0) is 18.7. The predicted octanol–water partition coefficient (Wildman–Crippen LogP) is 1.78. The lowest BCUT2D eigenvalue weighted by atomic mass is 9.67. The van der Waals surface area contributed by atoms with Crippen LogP contribution in [0.25, 0.3) is 0 Å². The number of carboxylic acids is 4. The minimum Gasteiger partial charge on any atom is -0.481 e. The highest BCUT2D eigenvalue weighted by atomic mass is 16.4. The Hall–Kier alpha value is -2.12. The monoisotopic (exact) mass is 356 g/mol. The van der Waals surface area contributed by atoms with Gasteiger partial charge in [-0.15, -0.1) is 0 Å². The molecule has 25 heavy (non-hydrogen) atoms. The molecule has 140 valence electrons. The molecular weight excluding hydrogens is 332 g/mol. The van der Waals surface area contributed by atoms with E-state index in [1.54, 1.807) is 0 Å². The Kier molecular flexibility index (Phi) is 6.02. The van der Waals surface area contributed by atoms with Crippen LogP contribution in [0.15, 0.2) is 0 Å². The molecule has 2 aliphatic rings. The van der Waals surface area contributed by atoms with E-state index in [2.05, 4.69) is 0 Å². The summed E-state index contributed by atoms with van der Waals surface area (Å²) in [6, 6.07) is 0. The van der Waals surface area contributed by atoms with Crippen LogP contribution in [0.5, 0.6) is 0 Å². The molecule has 0 amide bonds. The van der Waals surface area contributed by atoms with E-state index in [0.29, 0.717) is 32.1 Å². The fourth-order valence-corrected chi connectivity index (χ4v) is 4.55. The van der Waals surface area contributed by atoms with Crippen LogP contribution in [-0.4, -0.2) is 44.3 Å². The number of carboxylic acid groups (broad SMARTS) is 4. The maximum Gasteiger partial charge on any atom is 0.307 e. The number of carbonyl (C=O) groups is 4. The first-order valence-corrected chi connectivity index (χ1v) is 8.61. The number of aliphatic carboxylic acids is 4. The van der Waals surface area contributed by atoms with Gasteiger partial charge in [0, 0.05) is 0 Å². The summed E-state index contributed by atoms with van der Waals surface area (Å²) in [5, 5.41) is 36.9. The van der Waals surface area contributed by atoms with Crippen LogP contribution in [0.4, 0.5) is 0 Å². The molecule has 0 aromatic carbocycles. The second-order valence-corrected chi connectivity index (χ2v) is 7.37. The molecule has 0 radical (unpaired) electrons. The summed E-state index contributed by atoms with van der Waals surface area (Å²) in [6.07, 6.45) is 3.03. The van der Waals surface area contributed by atoms with Gasteiger partial charge >= 0.3 is 23.9 Å². The molecule has 6 atom stereocenters. The third kappa shape index (κ3) is 4.49. The van der Waals surface area contributed by atoms with E-state index in [0.717, 1.165) is 0 Å². The SMILES string of the molecule is O=C(O)C1CCC(CC2CCC(C(=O)O)C(C(=O)O)C2)CC1C(=O)O. The van der Waals surface area contributed by atoms with Crippen molar-refractivity contribution in [3.8, 4) is 0 Å². The molecule has 2 aliphatic carbocycles. The topological polar surface area (TPSA) is 149 Å². The molecule has 0 bridgehead atoms. The number of rotatable bonds is 6. The van der Waals surface area contributed by atoms with Gasteiger partial charge in [-0.3, -0.25) is 19.2 Å². The highest BCUT2D eigenvalue weighted by molar-refractivity contribution is 5.80. The van der Waals surface area contributed by atoms with Gasteiger partial charge in [-0.2, -0.15) is 0 Å². The Labute approximate surface area is 144 Å². The van der Waals surface area contributed by atoms with E-state index < -0.39 is 47.5 Å². The summed E-state index contributed by atoms with van der Waals surface area (Å²) in [7, 11) is 0. The van der Waals surface area contributed by atoms with Crippen LogP contribution in [0.3, 0.4) is 0 Å². The first-order valence-electron chi connectivity index (χ1n) is 8.61. The van der Waals surface area contributed by atoms with E-state index in [4.69, 9.17) is 10.2 Å². The van der Waals surface area contributed by atoms with Gasteiger partial charge in [-0.1, -0.05) is 0 Å². The molecule has 8 heteroatoms. The number of hydrogen-bond acceptors (Lipinski definition) is 4. The van der Waals surface area contributed by atoms with Crippen LogP contribution in [0, 0.1) is 35.5 Å². The molecule has 4 N–H and O–H groups in total. The lowest BCUT2D eigenvalue weighted by Crippen LogP contribution is -2.38. The lowest BCUT2D eigenvalue weighted by molar-refractivity contribution is -0.157. The highest BCUT2D eigenvalue weighted by Gasteiger charge is 2.43. The fourth-order valence-electron chi connectivity index (χ4n) is 4.55. The normalized spacial score (nSPS) is 35.7. The fraction of sp³-hybridized carbons (Fsp3) is 0.765. The van der Waals surface area contributed by atoms with Gasteiger partial charge in [0.25, 0.3) is 0 Å². The Morgan fingerprint density at radius 2 is 0.880 bits per heavy atom. The summed E-state index contributed by atoms with van der Waals surface area (Å²) in [6.45, 7) is 0. The van der Waals surface area contributed by atoms with Crippen molar-refractivity contribution in [2.45, 2.75) is 44.9 Å². The summed E-state index contributed by atoms with van der Waals surface area (Å²) < 4.78 is 0. The van der Waals surface area contributed by atoms with E-state index in [1.165, 1.54) is 0 Å². The molecule has 0 saturated heterocycles. The average molecular weight is 356 g/mol. The van der Waals surface area contributed by atoms with Crippen LogP contribution in [-0.2, 0) is 19.2 Å². The molecule has 2 rings (SSSR count). The molecule has 0 aliphatic heterocycles. The largest absolute Gasteiger partial charge is 0.481 e. The van der Waals surface area contributed by atoms with Crippen molar-refractivity contribution < 1.29 is 39.6 Å². The molecule has 0 heterocycles. The smallest absolute Gasteiger partial charge is 0.307 e. The second kappa shape index (κ2) is 7.84. The van der Waals surface area contributed by atoms with E-state index in [-0.39, 0.29) is 24.7 Å². The maximum absolute atomic E-state index is 11.4. The quantitative estimate of drug-likeness (QED) is 0.562. The maximum atomic E-state index is 11.4. The van der Waals surface area contributed by atoms with E-state index in [1.807, 2.05) is 0 Å². The third-order valence-electron chi connectivity index (χ3n) is 5.85. The predicted molar refractivity (Wildman–Crippen MR) is 83.8 cm³/mol. The molecule has 6 unspecified atom stereocenters. The van der Waals surface area contributed by atoms with Crippen molar-refractivity contribution in [2.75, 3.05) is 0 Å². The zero-order valence-electron chi connectivity index (χ0n) is 13.8. The average Bonchev–Trinajstić information content (AvgIpc) is 2.54. The molecule has 2 saturated carbocycles. The molecule has 8 nitrogen and oxygen atoms in total. The second-order valence-electron chi connectivity index (χ2n) is 7.37. The van der Waals surface area contributed by atoms with Crippen LogP contribution >= 0.6 is 0 Å². The van der Waals surface area contributed by atoms with Crippen molar-refractivity contribution in [3.63, 3.8) is 0 Å². The molecule has 2 fully saturated rings. The summed E-state index contributed by atoms with van der Waals surface area (Å²) in [5.74, 6) is -7.87. The minimum absolute atomic E-state index is 0.0394. The highest BCUT2D eigenvalue weighted by Crippen LogP contribution is 2.42. The van der Waals surface area contributed by atoms with Crippen molar-refractivity contribution in [2.24, 2.45) is 35.5 Å². The van der Waals surface area contributed by atoms with Gasteiger partial charge < -0.3 is 20.4 Å². The Morgan fingerprint density at radius 3 is 1.16 bits per heavy atom. The van der Waals surface area contributed by atoms with Gasteiger partial charge in [0.05, 0.1) is 23.7 Å². The third-order valence-corrected chi connectivity index (χ3v) is 5.85. The van der Waals surface area contributed by atoms with Gasteiger partial charge in [-0.25, -0.2) is 0 Å². The van der Waals surface area contributed by atoms with Crippen LogP contribution < -0.4 is 0 Å². The summed E-state index contributed by atoms with van der Waals surface area (Å²) in [4.78, 5) is 45.1. The van der Waals surface area contributed by atoms with Crippen LogP contribution in [0.2, 0.25) is 0 Å². The van der Waals surface area contributed by atoms with Crippen molar-refractivity contribution in [3.05, 3.63) is 0 Å². The molecule has 0 aromatic rings. The molecule has 0 aromatic heterocycles. The molecule has 0 spiro atoms. The standard InChI is InChI=1S/C17H24O8/c18-14(19)10-3-1-8(6-12(10)16(22)23)5-9-2-4-11(15(20)21)13(7-9)17(24)25/h8-13H,1-7H2,(H,18,19)(H,20,21)(H,22,23)(H,24,25). The minimum atomic E-state index is -1.10. The van der Waals surface area contributed by atoms with Gasteiger partial charge in [0.15, 0.2) is 0 Å². The van der Waals surface area contributed by atoms with Gasteiger partial charge in [0.1, 0.15) is 0 Å². The molecular formula is C17H24O8. The first-order chi connectivity index (χ1) is 11.7. The Balaban J connectivity index is 1.98. The lowest BCUT2D eigenvalue weighted by Gasteiger charge is -2.36. The van der Waals surface area contributed by atoms with Crippen molar-refractivity contribution in [1.29, 1.82) is 0 Å². The number of hydrogen-bond donors (Lipinski definition) is 4. The van der Waals surface area contributed by atoms with E-state index in [9.17, 15) is 29.4 Å². The van der Waals surface area contributed by atoms with Crippen molar-refractivity contribution >= 4 is 23.9 Å². The summed E-state index contributed by atoms with van der Waals surface area (Å²) >= 11 is 0. The first kappa shape index (κ1) is 19.2. The van der Waals surface area contributed by atoms with E-state index >= 15 is 0 Å². The van der Waals surface area contributed by atoms with Crippen LogP contribution in [0.1, 0.15) is 44.9 Å².